The molecule has 1 aliphatic carbocycles. The first kappa shape index (κ1) is 31.5. The molecule has 3 aromatic rings. The van der Waals surface area contributed by atoms with Gasteiger partial charge in [0.15, 0.2) is 11.5 Å². The molecule has 0 bridgehead atoms. The summed E-state index contributed by atoms with van der Waals surface area (Å²) in [6.07, 6.45) is 0.873. The van der Waals surface area contributed by atoms with Crippen molar-refractivity contribution in [2.75, 3.05) is 23.3 Å². The number of carbonyl (C=O) groups is 1. The molecule has 0 unspecified atom stereocenters. The van der Waals surface area contributed by atoms with E-state index in [9.17, 15) is 28.2 Å². The number of nitrogens with one attached hydrogen (secondary N) is 1. The van der Waals surface area contributed by atoms with E-state index < -0.39 is 60.7 Å². The predicted molar refractivity (Wildman–Crippen MR) is 145 cm³/mol. The second-order valence-corrected chi connectivity index (χ2v) is 11.1. The van der Waals surface area contributed by atoms with Crippen molar-refractivity contribution in [2.24, 2.45) is 11.7 Å². The number of amides is 1. The number of hydrogen-bond acceptors (Lipinski definition) is 8. The fraction of sp³-hybridized carbons (Fsp3) is 0.346. The molecule has 0 saturated carbocycles. The Balaban J connectivity index is 0.000000748. The number of aliphatic hydroxyl groups excluding tert-OH is 2. The van der Waals surface area contributed by atoms with Gasteiger partial charge in [-0.05, 0) is 37.1 Å². The molecule has 226 valence electrons. The molecular formula is C26H29F3N5O7P. The first-order chi connectivity index (χ1) is 19.7. The number of aliphatic hydroxyl groups is 2. The van der Waals surface area contributed by atoms with Crippen molar-refractivity contribution >= 4 is 25.1 Å². The number of pyridine rings is 2. The molecule has 1 amide bonds. The zero-order chi connectivity index (χ0) is 30.9. The van der Waals surface area contributed by atoms with Crippen LogP contribution in [-0.4, -0.2) is 66.0 Å². The van der Waals surface area contributed by atoms with Crippen molar-refractivity contribution in [1.29, 1.82) is 0 Å². The van der Waals surface area contributed by atoms with Crippen LogP contribution in [0.2, 0.25) is 0 Å². The Bertz CT molecular complexity index is 1500. The van der Waals surface area contributed by atoms with E-state index in [0.717, 1.165) is 29.8 Å². The minimum Gasteiger partial charge on any atom is -0.391 e. The lowest BCUT2D eigenvalue weighted by Gasteiger charge is -2.41. The van der Waals surface area contributed by atoms with E-state index in [4.69, 9.17) is 25.0 Å². The Morgan fingerprint density at radius 3 is 2.33 bits per heavy atom. The molecular weight excluding hydrogens is 582 g/mol. The topological polar surface area (TPSA) is 202 Å². The number of rotatable bonds is 4. The molecule has 1 aromatic carbocycles. The van der Waals surface area contributed by atoms with Gasteiger partial charge in [0.25, 0.3) is 5.91 Å². The summed E-state index contributed by atoms with van der Waals surface area (Å²) in [5, 5.41) is 23.3. The zero-order valence-corrected chi connectivity index (χ0v) is 23.0. The summed E-state index contributed by atoms with van der Waals surface area (Å²) in [4.78, 5) is 44.9. The Morgan fingerprint density at radius 1 is 1.07 bits per heavy atom. The highest BCUT2D eigenvalue weighted by Gasteiger charge is 2.36. The maximum absolute atomic E-state index is 14.7. The smallest absolute Gasteiger partial charge is 0.391 e. The lowest BCUT2D eigenvalue weighted by molar-refractivity contribution is 0.0784. The molecule has 5 rings (SSSR count). The van der Waals surface area contributed by atoms with Gasteiger partial charge in [-0.25, -0.2) is 22.7 Å². The number of nitrogens with zero attached hydrogens (tertiary/aromatic N) is 3. The Hall–Kier alpha value is -3.43. The molecule has 4 atom stereocenters. The number of piperidine rings is 1. The summed E-state index contributed by atoms with van der Waals surface area (Å²) < 4.78 is 52.2. The second kappa shape index (κ2) is 12.4. The van der Waals surface area contributed by atoms with Crippen LogP contribution < -0.4 is 16.0 Å². The third-order valence-corrected chi connectivity index (χ3v) is 6.97. The largest absolute Gasteiger partial charge is 0.466 e. The number of nitrogens with two attached hydrogens (primary N) is 1. The van der Waals surface area contributed by atoms with Crippen LogP contribution in [-0.2, 0) is 11.0 Å². The number of phosphoric acid groups is 1. The molecule has 8 N–H and O–H groups in total. The standard InChI is InChI=1S/C26H26F3N5O3.H3O4P/c1-12-10-34(11-17(30)25(12)36)24-13-5-8-20(35)22(13)31-9-19(24)33-26(37)23-16(29)6-7-18(32-23)21-14(27)3-2-4-15(21)28;1-5(2,3)4/h2-4,6-7,9,12,17,20,25,35-36H,5,8,10-11,30H2,1H3,(H,33,37);(H3,1,2,3,4)/t12-,17+,20+,25+;/m0./s1. The molecule has 2 aromatic heterocycles. The number of anilines is 2. The summed E-state index contributed by atoms with van der Waals surface area (Å²) in [6, 6.07) is 4.75. The Kier molecular flexibility index (Phi) is 9.33. The molecule has 42 heavy (non-hydrogen) atoms. The minimum atomic E-state index is -4.64. The van der Waals surface area contributed by atoms with Gasteiger partial charge < -0.3 is 40.8 Å². The summed E-state index contributed by atoms with van der Waals surface area (Å²) in [7, 11) is -4.64. The Labute approximate surface area is 237 Å². The summed E-state index contributed by atoms with van der Waals surface area (Å²) in [5.41, 5.74) is 6.86. The van der Waals surface area contributed by atoms with Crippen molar-refractivity contribution < 1.29 is 47.4 Å². The molecule has 1 aliphatic heterocycles. The van der Waals surface area contributed by atoms with Gasteiger partial charge in [0.2, 0.25) is 0 Å². The van der Waals surface area contributed by atoms with Crippen LogP contribution in [0.3, 0.4) is 0 Å². The molecule has 1 saturated heterocycles. The maximum atomic E-state index is 14.7. The Morgan fingerprint density at radius 2 is 1.71 bits per heavy atom. The summed E-state index contributed by atoms with van der Waals surface area (Å²) >= 11 is 0. The lowest BCUT2D eigenvalue weighted by Crippen LogP contribution is -2.56. The molecule has 12 nitrogen and oxygen atoms in total. The van der Waals surface area contributed by atoms with Gasteiger partial charge in [-0.2, -0.15) is 0 Å². The minimum absolute atomic E-state index is 0.172. The fourth-order valence-corrected chi connectivity index (χ4v) is 5.12. The number of hydrogen-bond donors (Lipinski definition) is 7. The average Bonchev–Trinajstić information content (AvgIpc) is 3.27. The van der Waals surface area contributed by atoms with E-state index in [1.54, 1.807) is 0 Å². The highest BCUT2D eigenvalue weighted by molar-refractivity contribution is 7.45. The normalized spacial score (nSPS) is 21.8. The van der Waals surface area contributed by atoms with Gasteiger partial charge in [-0.3, -0.25) is 9.78 Å². The molecule has 3 heterocycles. The highest BCUT2D eigenvalue weighted by Crippen LogP contribution is 2.41. The number of benzene rings is 1. The number of carbonyl (C=O) groups excluding carboxylic acids is 1. The van der Waals surface area contributed by atoms with Gasteiger partial charge in [0, 0.05) is 30.6 Å². The van der Waals surface area contributed by atoms with Crippen LogP contribution in [0.4, 0.5) is 24.5 Å². The second-order valence-electron chi connectivity index (χ2n) is 10.1. The summed E-state index contributed by atoms with van der Waals surface area (Å²) in [6.45, 7) is 2.58. The van der Waals surface area contributed by atoms with E-state index >= 15 is 0 Å². The summed E-state index contributed by atoms with van der Waals surface area (Å²) in [5.74, 6) is -3.87. The quantitative estimate of drug-likeness (QED) is 0.213. The zero-order valence-electron chi connectivity index (χ0n) is 22.2. The van der Waals surface area contributed by atoms with E-state index in [1.165, 1.54) is 12.3 Å². The van der Waals surface area contributed by atoms with E-state index in [1.807, 2.05) is 11.8 Å². The predicted octanol–water partition coefficient (Wildman–Crippen LogP) is 2.01. The van der Waals surface area contributed by atoms with Crippen molar-refractivity contribution in [3.8, 4) is 11.3 Å². The monoisotopic (exact) mass is 611 g/mol. The van der Waals surface area contributed by atoms with Crippen LogP contribution in [0.5, 0.6) is 0 Å². The number of aromatic nitrogens is 2. The third kappa shape index (κ3) is 6.95. The van der Waals surface area contributed by atoms with E-state index in [2.05, 4.69) is 15.3 Å². The lowest BCUT2D eigenvalue weighted by atomic mass is 9.92. The van der Waals surface area contributed by atoms with Crippen LogP contribution in [0.15, 0.2) is 36.5 Å². The third-order valence-electron chi connectivity index (χ3n) is 6.97. The first-order valence-electron chi connectivity index (χ1n) is 12.7. The maximum Gasteiger partial charge on any atom is 0.466 e. The van der Waals surface area contributed by atoms with Crippen LogP contribution in [0.25, 0.3) is 11.3 Å². The van der Waals surface area contributed by atoms with Gasteiger partial charge >= 0.3 is 7.82 Å². The van der Waals surface area contributed by atoms with Gasteiger partial charge in [0.1, 0.15) is 11.6 Å². The molecule has 0 spiro atoms. The molecule has 0 radical (unpaired) electrons. The van der Waals surface area contributed by atoms with Crippen molar-refractivity contribution in [3.63, 3.8) is 0 Å². The highest BCUT2D eigenvalue weighted by atomic mass is 31.2. The molecule has 16 heteroatoms. The first-order valence-corrected chi connectivity index (χ1v) is 14.3. The van der Waals surface area contributed by atoms with Crippen molar-refractivity contribution in [1.82, 2.24) is 9.97 Å². The van der Waals surface area contributed by atoms with E-state index in [-0.39, 0.29) is 23.8 Å². The van der Waals surface area contributed by atoms with Crippen molar-refractivity contribution in [2.45, 2.75) is 38.0 Å². The van der Waals surface area contributed by atoms with E-state index in [0.29, 0.717) is 30.8 Å². The van der Waals surface area contributed by atoms with Gasteiger partial charge in [-0.15, -0.1) is 0 Å². The number of fused-ring (bicyclic) bond motifs is 1. The molecule has 2 aliphatic rings. The SMILES string of the molecule is C[C@H]1CN(c2c(NC(=O)c3nc(-c4c(F)cccc4F)ccc3F)cnc3c2CC[C@H]3O)C[C@@H](N)[C@@H]1O.O=P(O)(O)O. The van der Waals surface area contributed by atoms with Crippen LogP contribution in [0.1, 0.15) is 41.2 Å². The van der Waals surface area contributed by atoms with Gasteiger partial charge in [0.05, 0.1) is 46.7 Å². The van der Waals surface area contributed by atoms with Crippen LogP contribution >= 0.6 is 7.82 Å². The van der Waals surface area contributed by atoms with Crippen LogP contribution in [0, 0.1) is 23.4 Å². The fourth-order valence-electron chi connectivity index (χ4n) is 5.12. The average molecular weight is 612 g/mol. The van der Waals surface area contributed by atoms with Crippen molar-refractivity contribution in [3.05, 3.63) is 70.9 Å². The number of halogens is 3. The van der Waals surface area contributed by atoms with Gasteiger partial charge in [-0.1, -0.05) is 13.0 Å². The molecule has 1 fully saturated rings.